The van der Waals surface area contributed by atoms with Crippen molar-refractivity contribution in [1.82, 2.24) is 5.32 Å². The predicted molar refractivity (Wildman–Crippen MR) is 96.0 cm³/mol. The van der Waals surface area contributed by atoms with Crippen LogP contribution in [-0.4, -0.2) is 30.8 Å². The number of hydrogen-bond acceptors (Lipinski definition) is 5. The Morgan fingerprint density at radius 1 is 1.08 bits per heavy atom. The van der Waals surface area contributed by atoms with Crippen LogP contribution in [0.15, 0.2) is 53.4 Å². The van der Waals surface area contributed by atoms with Crippen molar-refractivity contribution in [1.29, 1.82) is 0 Å². The lowest BCUT2D eigenvalue weighted by Gasteiger charge is -2.07. The minimum absolute atomic E-state index is 0.293. The first kappa shape index (κ1) is 17.9. The molecule has 0 atom stereocenters. The van der Waals surface area contributed by atoms with Crippen LogP contribution in [-0.2, 0) is 9.53 Å². The molecule has 5 nitrogen and oxygen atoms in total. The third kappa shape index (κ3) is 5.96. The Balaban J connectivity index is 1.63. The minimum atomic E-state index is -0.542. The molecule has 0 saturated heterocycles. The maximum absolute atomic E-state index is 11.8. The second-order valence-corrected chi connectivity index (χ2v) is 6.38. The van der Waals surface area contributed by atoms with Crippen LogP contribution in [0.3, 0.4) is 0 Å². The number of nitrogens with two attached hydrogens (primary N) is 1. The minimum Gasteiger partial charge on any atom is -0.452 e. The number of benzene rings is 2. The van der Waals surface area contributed by atoms with Crippen molar-refractivity contribution in [3.05, 3.63) is 59.7 Å². The van der Waals surface area contributed by atoms with E-state index in [-0.39, 0.29) is 12.5 Å². The summed E-state index contributed by atoms with van der Waals surface area (Å²) >= 11 is 1.66. The summed E-state index contributed by atoms with van der Waals surface area (Å²) in [5.41, 5.74) is 7.70. The van der Waals surface area contributed by atoms with E-state index in [1.54, 1.807) is 36.0 Å². The van der Waals surface area contributed by atoms with Gasteiger partial charge in [-0.25, -0.2) is 4.79 Å². The van der Waals surface area contributed by atoms with Crippen LogP contribution in [0.1, 0.15) is 15.9 Å². The van der Waals surface area contributed by atoms with Crippen molar-refractivity contribution in [2.75, 3.05) is 24.6 Å². The number of nitrogens with one attached hydrogen (secondary N) is 1. The second-order valence-electron chi connectivity index (χ2n) is 5.21. The summed E-state index contributed by atoms with van der Waals surface area (Å²) in [7, 11) is 0. The molecule has 126 valence electrons. The van der Waals surface area contributed by atoms with Crippen molar-refractivity contribution in [3.8, 4) is 0 Å². The van der Waals surface area contributed by atoms with Gasteiger partial charge in [-0.1, -0.05) is 17.7 Å². The predicted octanol–water partition coefficient (Wildman–Crippen LogP) is 2.64. The Bertz CT molecular complexity index is 684. The smallest absolute Gasteiger partial charge is 0.338 e. The van der Waals surface area contributed by atoms with Gasteiger partial charge in [0.1, 0.15) is 0 Å². The highest BCUT2D eigenvalue weighted by Gasteiger charge is 2.09. The topological polar surface area (TPSA) is 81.4 Å². The molecule has 0 radical (unpaired) electrons. The molecule has 0 unspecified atom stereocenters. The van der Waals surface area contributed by atoms with Crippen molar-refractivity contribution in [2.45, 2.75) is 11.8 Å². The highest BCUT2D eigenvalue weighted by Crippen LogP contribution is 2.17. The van der Waals surface area contributed by atoms with Crippen LogP contribution in [0.2, 0.25) is 0 Å². The molecule has 2 aromatic rings. The monoisotopic (exact) mass is 344 g/mol. The van der Waals surface area contributed by atoms with Crippen molar-refractivity contribution in [3.63, 3.8) is 0 Å². The molecule has 0 spiro atoms. The first-order chi connectivity index (χ1) is 11.5. The number of amides is 1. The maximum atomic E-state index is 11.8. The molecule has 3 N–H and O–H groups in total. The highest BCUT2D eigenvalue weighted by molar-refractivity contribution is 7.99. The number of carbonyl (C=O) groups excluding carboxylic acids is 2. The third-order valence-corrected chi connectivity index (χ3v) is 4.21. The van der Waals surface area contributed by atoms with Gasteiger partial charge < -0.3 is 15.8 Å². The molecule has 0 aromatic heterocycles. The molecular formula is C18H20N2O3S. The van der Waals surface area contributed by atoms with Gasteiger partial charge in [0.2, 0.25) is 0 Å². The van der Waals surface area contributed by atoms with E-state index in [2.05, 4.69) is 29.6 Å². The van der Waals surface area contributed by atoms with Crippen LogP contribution in [0.25, 0.3) is 0 Å². The van der Waals surface area contributed by atoms with Gasteiger partial charge in [-0.05, 0) is 43.3 Å². The zero-order valence-corrected chi connectivity index (χ0v) is 14.3. The van der Waals surface area contributed by atoms with Gasteiger partial charge in [0, 0.05) is 22.9 Å². The Labute approximate surface area is 145 Å². The van der Waals surface area contributed by atoms with E-state index < -0.39 is 5.97 Å². The van der Waals surface area contributed by atoms with E-state index >= 15 is 0 Å². The number of esters is 1. The van der Waals surface area contributed by atoms with E-state index in [1.807, 2.05) is 6.92 Å². The van der Waals surface area contributed by atoms with Gasteiger partial charge in [0.05, 0.1) is 5.56 Å². The summed E-state index contributed by atoms with van der Waals surface area (Å²) in [5.74, 6) is -0.108. The Kier molecular flexibility index (Phi) is 6.69. The zero-order chi connectivity index (χ0) is 17.4. The summed E-state index contributed by atoms with van der Waals surface area (Å²) in [4.78, 5) is 24.6. The fourth-order valence-electron chi connectivity index (χ4n) is 1.88. The van der Waals surface area contributed by atoms with Gasteiger partial charge in [0.15, 0.2) is 6.61 Å². The fraction of sp³-hybridized carbons (Fsp3) is 0.222. The normalized spacial score (nSPS) is 10.2. The molecule has 0 bridgehead atoms. The van der Waals surface area contributed by atoms with Gasteiger partial charge in [-0.2, -0.15) is 0 Å². The Morgan fingerprint density at radius 3 is 2.42 bits per heavy atom. The Morgan fingerprint density at radius 2 is 1.75 bits per heavy atom. The van der Waals surface area contributed by atoms with E-state index in [1.165, 1.54) is 5.56 Å². The number of carbonyl (C=O) groups is 2. The van der Waals surface area contributed by atoms with E-state index in [0.29, 0.717) is 17.8 Å². The number of aryl methyl sites for hydroxylation is 1. The summed E-state index contributed by atoms with van der Waals surface area (Å²) in [6, 6.07) is 14.6. The van der Waals surface area contributed by atoms with Crippen LogP contribution >= 0.6 is 11.8 Å². The Hall–Kier alpha value is -2.47. The maximum Gasteiger partial charge on any atom is 0.338 e. The quantitative estimate of drug-likeness (QED) is 0.349. The number of thioether (sulfide) groups is 1. The molecule has 0 aliphatic heterocycles. The summed E-state index contributed by atoms with van der Waals surface area (Å²) in [5, 5.41) is 2.72. The number of hydrogen-bond donors (Lipinski definition) is 2. The van der Waals surface area contributed by atoms with Gasteiger partial charge >= 0.3 is 5.97 Å². The lowest BCUT2D eigenvalue weighted by molar-refractivity contribution is -0.124. The number of rotatable bonds is 7. The molecule has 0 heterocycles. The lowest BCUT2D eigenvalue weighted by atomic mass is 10.2. The molecule has 1 amide bonds. The third-order valence-electron chi connectivity index (χ3n) is 3.19. The van der Waals surface area contributed by atoms with E-state index in [4.69, 9.17) is 10.5 Å². The molecule has 2 aromatic carbocycles. The lowest BCUT2D eigenvalue weighted by Crippen LogP contribution is -2.30. The van der Waals surface area contributed by atoms with Crippen LogP contribution < -0.4 is 11.1 Å². The van der Waals surface area contributed by atoms with Crippen LogP contribution in [0.5, 0.6) is 0 Å². The summed E-state index contributed by atoms with van der Waals surface area (Å²) < 4.78 is 4.96. The molecule has 6 heteroatoms. The second kappa shape index (κ2) is 8.98. The molecule has 0 aliphatic carbocycles. The number of nitrogen functional groups attached to an aromatic ring is 1. The molecule has 0 aliphatic rings. The molecule has 24 heavy (non-hydrogen) atoms. The van der Waals surface area contributed by atoms with Crippen molar-refractivity contribution < 1.29 is 14.3 Å². The first-order valence-electron chi connectivity index (χ1n) is 7.53. The zero-order valence-electron chi connectivity index (χ0n) is 13.5. The summed E-state index contributed by atoms with van der Waals surface area (Å²) in [6.45, 7) is 2.26. The first-order valence-corrected chi connectivity index (χ1v) is 8.52. The van der Waals surface area contributed by atoms with Gasteiger partial charge in [-0.15, -0.1) is 11.8 Å². The summed E-state index contributed by atoms with van der Waals surface area (Å²) in [6.07, 6.45) is 0. The number of ether oxygens (including phenoxy) is 1. The van der Waals surface area contributed by atoms with Gasteiger partial charge in [-0.3, -0.25) is 4.79 Å². The van der Waals surface area contributed by atoms with Crippen LogP contribution in [0.4, 0.5) is 5.69 Å². The van der Waals surface area contributed by atoms with Crippen molar-refractivity contribution in [2.24, 2.45) is 0 Å². The average molecular weight is 344 g/mol. The molecule has 0 fully saturated rings. The fourth-order valence-corrected chi connectivity index (χ4v) is 2.65. The van der Waals surface area contributed by atoms with Crippen molar-refractivity contribution >= 4 is 29.3 Å². The highest BCUT2D eigenvalue weighted by atomic mass is 32.2. The molecule has 2 rings (SSSR count). The van der Waals surface area contributed by atoms with E-state index in [0.717, 1.165) is 10.6 Å². The largest absolute Gasteiger partial charge is 0.452 e. The van der Waals surface area contributed by atoms with E-state index in [9.17, 15) is 9.59 Å². The van der Waals surface area contributed by atoms with Gasteiger partial charge in [0.25, 0.3) is 5.91 Å². The average Bonchev–Trinajstić information content (AvgIpc) is 2.59. The molecular weight excluding hydrogens is 324 g/mol. The number of anilines is 1. The SMILES string of the molecule is Cc1ccc(SCCNC(=O)COC(=O)c2ccc(N)cc2)cc1. The molecule has 0 saturated carbocycles. The standard InChI is InChI=1S/C18H20N2O3S/c1-13-2-8-16(9-3-13)24-11-10-20-17(21)12-23-18(22)14-4-6-15(19)7-5-14/h2-9H,10-12,19H2,1H3,(H,20,21). The van der Waals surface area contributed by atoms with Crippen LogP contribution in [0, 0.1) is 6.92 Å².